The third-order valence-corrected chi connectivity index (χ3v) is 6.66. The second kappa shape index (κ2) is 8.99. The lowest BCUT2D eigenvalue weighted by atomic mass is 9.95. The largest absolute Gasteiger partial charge is 0.381 e. The lowest BCUT2D eigenvalue weighted by Crippen LogP contribution is -2.28. The molecule has 0 spiro atoms. The fourth-order valence-electron chi connectivity index (χ4n) is 4.78. The van der Waals surface area contributed by atoms with Crippen LogP contribution < -0.4 is 10.6 Å². The van der Waals surface area contributed by atoms with E-state index in [1.165, 1.54) is 5.69 Å². The molecule has 0 saturated carbocycles. The highest BCUT2D eigenvalue weighted by molar-refractivity contribution is 5.92. The van der Waals surface area contributed by atoms with Crippen molar-refractivity contribution in [1.82, 2.24) is 24.8 Å². The van der Waals surface area contributed by atoms with Gasteiger partial charge in [-0.15, -0.1) is 5.10 Å². The first-order chi connectivity index (χ1) is 16.3. The summed E-state index contributed by atoms with van der Waals surface area (Å²) in [4.78, 5) is 4.69. The zero-order valence-corrected chi connectivity index (χ0v) is 18.6. The molecule has 0 unspecified atom stereocenters. The van der Waals surface area contributed by atoms with Gasteiger partial charge >= 0.3 is 0 Å². The van der Waals surface area contributed by atoms with E-state index in [1.807, 2.05) is 22.7 Å². The van der Waals surface area contributed by atoms with Crippen molar-refractivity contribution < 1.29 is 10.9 Å². The normalized spacial score (nSPS) is 18.2. The van der Waals surface area contributed by atoms with Crippen molar-refractivity contribution in [2.75, 3.05) is 37.1 Å². The lowest BCUT2D eigenvalue weighted by Gasteiger charge is -2.23. The van der Waals surface area contributed by atoms with Crippen molar-refractivity contribution in [3.05, 3.63) is 42.1 Å². The Balaban J connectivity index is 0.00000241. The Hall–Kier alpha value is -3.17. The molecule has 3 aromatic heterocycles. The van der Waals surface area contributed by atoms with Crippen molar-refractivity contribution >= 4 is 34.0 Å². The summed E-state index contributed by atoms with van der Waals surface area (Å²) >= 11 is 0. The smallest absolute Gasteiger partial charge is 0.247 e. The van der Waals surface area contributed by atoms with Crippen LogP contribution in [0.15, 0.2) is 36.4 Å². The van der Waals surface area contributed by atoms with Gasteiger partial charge in [-0.2, -0.15) is 10.1 Å². The van der Waals surface area contributed by atoms with Crippen LogP contribution in [0.1, 0.15) is 32.8 Å². The summed E-state index contributed by atoms with van der Waals surface area (Å²) in [6, 6.07) is 12.8. The van der Waals surface area contributed by atoms with Crippen molar-refractivity contribution in [1.29, 1.82) is 0 Å². The number of H-pyrrole nitrogens is 1. The first-order valence-corrected chi connectivity index (χ1v) is 11.8. The Morgan fingerprint density at radius 2 is 1.85 bits per heavy atom. The van der Waals surface area contributed by atoms with E-state index in [0.29, 0.717) is 17.9 Å². The minimum Gasteiger partial charge on any atom is -0.381 e. The summed E-state index contributed by atoms with van der Waals surface area (Å²) in [7, 11) is 0. The number of rotatable bonds is 6. The number of fused-ring (bicyclic) bond motifs is 2. The zero-order valence-electron chi connectivity index (χ0n) is 18.6. The SMILES string of the molecule is [HH].c1cc(CC2CCOCC2)n2nc(Nc3ccc4c(NC5CCOCC5)n[nH]c4c3)nc2c1. The summed E-state index contributed by atoms with van der Waals surface area (Å²) < 4.78 is 12.9. The van der Waals surface area contributed by atoms with Crippen LogP contribution in [0.2, 0.25) is 0 Å². The summed E-state index contributed by atoms with van der Waals surface area (Å²) in [5.41, 5.74) is 3.93. The van der Waals surface area contributed by atoms with Crippen molar-refractivity contribution in [2.24, 2.45) is 5.92 Å². The maximum atomic E-state index is 5.50. The maximum absolute atomic E-state index is 5.50. The van der Waals surface area contributed by atoms with Gasteiger partial charge in [-0.3, -0.25) is 5.10 Å². The molecule has 33 heavy (non-hydrogen) atoms. The molecule has 9 heteroatoms. The van der Waals surface area contributed by atoms with Crippen LogP contribution >= 0.6 is 0 Å². The first kappa shape index (κ1) is 20.4. The topological polar surface area (TPSA) is 101 Å². The number of nitrogens with zero attached hydrogens (tertiary/aromatic N) is 4. The van der Waals surface area contributed by atoms with Crippen LogP contribution in [-0.2, 0) is 15.9 Å². The number of aromatic amines is 1. The highest BCUT2D eigenvalue weighted by atomic mass is 16.5. The molecule has 0 atom stereocenters. The summed E-state index contributed by atoms with van der Waals surface area (Å²) in [6.45, 7) is 3.31. The van der Waals surface area contributed by atoms with E-state index in [-0.39, 0.29) is 1.43 Å². The summed E-state index contributed by atoms with van der Waals surface area (Å²) in [6.07, 6.45) is 5.21. The molecular weight excluding hydrogens is 418 g/mol. The number of benzene rings is 1. The van der Waals surface area contributed by atoms with E-state index in [4.69, 9.17) is 19.6 Å². The average Bonchev–Trinajstić information content (AvgIpc) is 3.44. The second-order valence-electron chi connectivity index (χ2n) is 8.97. The van der Waals surface area contributed by atoms with Crippen molar-refractivity contribution in [2.45, 2.75) is 38.1 Å². The van der Waals surface area contributed by atoms with Gasteiger partial charge in [-0.25, -0.2) is 4.52 Å². The molecule has 2 aliphatic rings. The quantitative estimate of drug-likeness (QED) is 0.406. The van der Waals surface area contributed by atoms with Gasteiger partial charge in [-0.05, 0) is 68.4 Å². The Kier molecular flexibility index (Phi) is 5.57. The molecule has 0 amide bonds. The molecule has 2 saturated heterocycles. The Morgan fingerprint density at radius 3 is 2.70 bits per heavy atom. The predicted octanol–water partition coefficient (Wildman–Crippen LogP) is 4.16. The van der Waals surface area contributed by atoms with Gasteiger partial charge in [0.05, 0.1) is 5.52 Å². The Labute approximate surface area is 193 Å². The van der Waals surface area contributed by atoms with E-state index >= 15 is 0 Å². The third-order valence-electron chi connectivity index (χ3n) is 6.66. The average molecular weight is 450 g/mol. The summed E-state index contributed by atoms with van der Waals surface area (Å²) in [5.74, 6) is 2.12. The van der Waals surface area contributed by atoms with Crippen molar-refractivity contribution in [3.63, 3.8) is 0 Å². The first-order valence-electron chi connectivity index (χ1n) is 11.8. The van der Waals surface area contributed by atoms with Gasteiger partial charge in [0.15, 0.2) is 11.5 Å². The van der Waals surface area contributed by atoms with Gasteiger partial charge in [0.1, 0.15) is 0 Å². The van der Waals surface area contributed by atoms with Crippen LogP contribution in [0.5, 0.6) is 0 Å². The number of anilines is 3. The van der Waals surface area contributed by atoms with Crippen LogP contribution in [0.3, 0.4) is 0 Å². The molecule has 1 aromatic carbocycles. The fourth-order valence-corrected chi connectivity index (χ4v) is 4.78. The molecule has 0 aliphatic carbocycles. The Bertz CT molecular complexity index is 1240. The third kappa shape index (κ3) is 4.38. The minimum atomic E-state index is 0. The number of hydrogen-bond acceptors (Lipinski definition) is 7. The van der Waals surface area contributed by atoms with Crippen LogP contribution in [0.4, 0.5) is 17.5 Å². The second-order valence-corrected chi connectivity index (χ2v) is 8.97. The summed E-state index contributed by atoms with van der Waals surface area (Å²) in [5, 5.41) is 20.4. The number of ether oxygens (including phenoxy) is 2. The molecule has 0 radical (unpaired) electrons. The zero-order chi connectivity index (χ0) is 22.0. The van der Waals surface area contributed by atoms with E-state index in [2.05, 4.69) is 39.0 Å². The van der Waals surface area contributed by atoms with E-state index in [9.17, 15) is 0 Å². The molecular formula is C24H31N7O2. The van der Waals surface area contributed by atoms with E-state index in [0.717, 1.165) is 86.6 Å². The van der Waals surface area contributed by atoms with Gasteiger partial charge in [0.25, 0.3) is 0 Å². The number of pyridine rings is 1. The van der Waals surface area contributed by atoms with Crippen LogP contribution in [0, 0.1) is 5.92 Å². The fraction of sp³-hybridized carbons (Fsp3) is 0.458. The van der Waals surface area contributed by atoms with Gasteiger partial charge < -0.3 is 20.1 Å². The molecule has 4 aromatic rings. The monoisotopic (exact) mass is 449 g/mol. The van der Waals surface area contributed by atoms with Crippen LogP contribution in [0.25, 0.3) is 16.6 Å². The molecule has 9 nitrogen and oxygen atoms in total. The number of nitrogens with one attached hydrogen (secondary N) is 3. The van der Waals surface area contributed by atoms with Gasteiger partial charge in [0, 0.05) is 50.7 Å². The lowest BCUT2D eigenvalue weighted by molar-refractivity contribution is 0.0661. The molecule has 2 aliphatic heterocycles. The van der Waals surface area contributed by atoms with Crippen LogP contribution in [-0.4, -0.2) is 57.3 Å². The molecule has 174 valence electrons. The standard InChI is InChI=1S/C24H29N7O2.H2/c1-2-19(14-16-6-10-32-11-7-16)31-22(3-1)27-24(30-31)26-18-4-5-20-21(15-18)28-29-23(20)25-17-8-12-33-13-9-17;/h1-5,15-17H,6-14H2,(H,26,30)(H2,25,28,29);1H. The molecule has 0 bridgehead atoms. The maximum Gasteiger partial charge on any atom is 0.247 e. The van der Waals surface area contributed by atoms with Gasteiger partial charge in [0.2, 0.25) is 5.95 Å². The molecule has 2 fully saturated rings. The van der Waals surface area contributed by atoms with E-state index < -0.39 is 0 Å². The van der Waals surface area contributed by atoms with Crippen molar-refractivity contribution in [3.8, 4) is 0 Å². The minimum absolute atomic E-state index is 0. The molecule has 6 rings (SSSR count). The number of hydrogen-bond donors (Lipinski definition) is 3. The molecule has 5 heterocycles. The number of aromatic nitrogens is 5. The van der Waals surface area contributed by atoms with Gasteiger partial charge in [-0.1, -0.05) is 6.07 Å². The highest BCUT2D eigenvalue weighted by Crippen LogP contribution is 2.27. The predicted molar refractivity (Wildman–Crippen MR) is 129 cm³/mol. The molecule has 3 N–H and O–H groups in total. The Morgan fingerprint density at radius 1 is 1.03 bits per heavy atom. The highest BCUT2D eigenvalue weighted by Gasteiger charge is 2.18. The van der Waals surface area contributed by atoms with E-state index in [1.54, 1.807) is 0 Å².